The third-order valence-corrected chi connectivity index (χ3v) is 6.91. The van der Waals surface area contributed by atoms with Gasteiger partial charge in [0.25, 0.3) is 0 Å². The second kappa shape index (κ2) is 4.99. The molecule has 1 heteroatoms. The van der Waals surface area contributed by atoms with E-state index in [1.807, 2.05) is 4.17 Å². The van der Waals surface area contributed by atoms with E-state index in [4.69, 9.17) is 0 Å². The van der Waals surface area contributed by atoms with Crippen LogP contribution in [0.3, 0.4) is 0 Å². The standard InChI is InChI=1S/C11H11.C3H6.Zn/c1-2-6-10(5-1)9-11-7-3-4-8-11;1-3-2;/h1-3,5,7H,4,6,9H2;1-2H3;. The second-order valence-electron chi connectivity index (χ2n) is 4.75. The third-order valence-electron chi connectivity index (χ3n) is 2.97. The number of allylic oxidation sites excluding steroid dienone is 8. The van der Waals surface area contributed by atoms with Gasteiger partial charge in [-0.2, -0.15) is 0 Å². The van der Waals surface area contributed by atoms with Crippen LogP contribution in [-0.4, -0.2) is 4.11 Å². The number of hydrogen-bond donors (Lipinski definition) is 0. The Bertz CT molecular complexity index is 399. The number of hydrogen-bond acceptors (Lipinski definition) is 0. The van der Waals surface area contributed by atoms with Crippen LogP contribution in [0.25, 0.3) is 0 Å². The summed E-state index contributed by atoms with van der Waals surface area (Å²) in [7, 11) is 0. The molecule has 0 fully saturated rings. The first kappa shape index (κ1) is 11.0. The van der Waals surface area contributed by atoms with Gasteiger partial charge in [0.2, 0.25) is 0 Å². The monoisotopic (exact) mass is 249 g/mol. The van der Waals surface area contributed by atoms with Gasteiger partial charge in [0.15, 0.2) is 0 Å². The molecule has 0 aromatic rings. The molecule has 0 aromatic heterocycles. The van der Waals surface area contributed by atoms with Crippen LogP contribution in [-0.2, 0) is 16.7 Å². The topological polar surface area (TPSA) is 0 Å². The van der Waals surface area contributed by atoms with E-state index in [2.05, 4.69) is 44.2 Å². The average molecular weight is 251 g/mol. The van der Waals surface area contributed by atoms with Crippen molar-refractivity contribution >= 4 is 4.11 Å². The Hall–Kier alpha value is -0.547. The third kappa shape index (κ3) is 2.95. The SMILES string of the molecule is C[C](C)=[Zn][C]1=C(CC2=CC=CC2)C=CC1. The molecule has 0 N–H and O–H groups in total. The van der Waals surface area contributed by atoms with E-state index in [-0.39, 0.29) is 0 Å². The van der Waals surface area contributed by atoms with Crippen molar-refractivity contribution in [1.29, 1.82) is 0 Å². The minimum absolute atomic E-state index is 0.518. The van der Waals surface area contributed by atoms with Crippen molar-refractivity contribution in [3.05, 3.63) is 45.7 Å². The van der Waals surface area contributed by atoms with Crippen molar-refractivity contribution in [3.8, 4) is 0 Å². The van der Waals surface area contributed by atoms with E-state index in [1.54, 1.807) is 15.3 Å². The van der Waals surface area contributed by atoms with E-state index in [0.29, 0.717) is 0 Å². The zero-order chi connectivity index (χ0) is 10.7. The van der Waals surface area contributed by atoms with Gasteiger partial charge in [-0.25, -0.2) is 0 Å². The fraction of sp³-hybridized carbons (Fsp3) is 0.357. The summed E-state index contributed by atoms with van der Waals surface area (Å²) in [5, 5.41) is 0. The van der Waals surface area contributed by atoms with E-state index < -0.39 is 16.7 Å². The molecule has 0 bridgehead atoms. The van der Waals surface area contributed by atoms with Gasteiger partial charge >= 0.3 is 99.6 Å². The van der Waals surface area contributed by atoms with Crippen molar-refractivity contribution in [3.63, 3.8) is 0 Å². The molecule has 0 aromatic carbocycles. The zero-order valence-electron chi connectivity index (χ0n) is 9.72. The van der Waals surface area contributed by atoms with E-state index in [9.17, 15) is 0 Å². The van der Waals surface area contributed by atoms with Crippen LogP contribution in [0.5, 0.6) is 0 Å². The summed E-state index contributed by atoms with van der Waals surface area (Å²) >= 11 is -0.518. The Kier molecular flexibility index (Phi) is 3.64. The van der Waals surface area contributed by atoms with E-state index in [0.717, 1.165) is 0 Å². The summed E-state index contributed by atoms with van der Waals surface area (Å²) in [5.74, 6) is 0. The fourth-order valence-corrected chi connectivity index (χ4v) is 5.69. The molecule has 0 saturated heterocycles. The zero-order valence-corrected chi connectivity index (χ0v) is 12.7. The Morgan fingerprint density at radius 3 is 2.80 bits per heavy atom. The molecule has 0 spiro atoms. The van der Waals surface area contributed by atoms with Gasteiger partial charge in [0.05, 0.1) is 0 Å². The molecule has 0 heterocycles. The summed E-state index contributed by atoms with van der Waals surface area (Å²) in [4.78, 5) is 0. The molecule has 75 valence electrons. The minimum atomic E-state index is -0.518. The number of rotatable bonds is 3. The molecule has 2 aliphatic rings. The molecule has 0 radical (unpaired) electrons. The maximum absolute atomic E-state index is 2.36. The van der Waals surface area contributed by atoms with Gasteiger partial charge < -0.3 is 0 Å². The van der Waals surface area contributed by atoms with Crippen LogP contribution < -0.4 is 0 Å². The Balaban J connectivity index is 2.11. The molecular weight excluding hydrogens is 234 g/mol. The van der Waals surface area contributed by atoms with Crippen LogP contribution in [0.15, 0.2) is 45.7 Å². The van der Waals surface area contributed by atoms with Crippen LogP contribution in [0.4, 0.5) is 0 Å². The molecule has 0 amide bonds. The van der Waals surface area contributed by atoms with Crippen molar-refractivity contribution < 1.29 is 16.7 Å². The first-order valence-corrected chi connectivity index (χ1v) is 8.73. The second-order valence-corrected chi connectivity index (χ2v) is 10.3. The van der Waals surface area contributed by atoms with E-state index >= 15 is 0 Å². The molecule has 0 atom stereocenters. The van der Waals surface area contributed by atoms with Crippen molar-refractivity contribution in [2.24, 2.45) is 0 Å². The summed E-state index contributed by atoms with van der Waals surface area (Å²) in [6.07, 6.45) is 15.1. The predicted octanol–water partition coefficient (Wildman–Crippen LogP) is 3.77. The molecule has 0 aliphatic heterocycles. The van der Waals surface area contributed by atoms with Gasteiger partial charge in [0, 0.05) is 0 Å². The van der Waals surface area contributed by atoms with Crippen LogP contribution >= 0.6 is 0 Å². The van der Waals surface area contributed by atoms with Crippen molar-refractivity contribution in [2.75, 3.05) is 0 Å². The predicted molar refractivity (Wildman–Crippen MR) is 63.6 cm³/mol. The Labute approximate surface area is 99.6 Å². The quantitative estimate of drug-likeness (QED) is 0.669. The Morgan fingerprint density at radius 1 is 1.27 bits per heavy atom. The summed E-state index contributed by atoms with van der Waals surface area (Å²) < 4.78 is 3.52. The van der Waals surface area contributed by atoms with Gasteiger partial charge in [0.1, 0.15) is 0 Å². The summed E-state index contributed by atoms with van der Waals surface area (Å²) in [6.45, 7) is 4.61. The normalized spacial score (nSPS) is 18.4. The summed E-state index contributed by atoms with van der Waals surface area (Å²) in [6, 6.07) is 0. The molecule has 2 rings (SSSR count). The average Bonchev–Trinajstić information content (AvgIpc) is 2.78. The van der Waals surface area contributed by atoms with Crippen molar-refractivity contribution in [2.45, 2.75) is 33.1 Å². The van der Waals surface area contributed by atoms with E-state index in [1.165, 1.54) is 19.3 Å². The van der Waals surface area contributed by atoms with Gasteiger partial charge in [-0.1, -0.05) is 0 Å². The maximum atomic E-state index is 2.36. The first-order chi connectivity index (χ1) is 7.25. The molecule has 15 heavy (non-hydrogen) atoms. The van der Waals surface area contributed by atoms with Crippen LogP contribution in [0.2, 0.25) is 0 Å². The van der Waals surface area contributed by atoms with Gasteiger partial charge in [-0.15, -0.1) is 0 Å². The molecule has 2 aliphatic carbocycles. The van der Waals surface area contributed by atoms with Crippen molar-refractivity contribution in [1.82, 2.24) is 0 Å². The molecular formula is C14H17Zn. The molecule has 0 nitrogen and oxygen atoms in total. The molecule has 0 unspecified atom stereocenters. The van der Waals surface area contributed by atoms with Crippen LogP contribution in [0, 0.1) is 0 Å². The summed E-state index contributed by atoms with van der Waals surface area (Å²) in [5.41, 5.74) is 3.23. The van der Waals surface area contributed by atoms with Gasteiger partial charge in [-0.05, 0) is 0 Å². The fourth-order valence-electron chi connectivity index (χ4n) is 2.26. The Morgan fingerprint density at radius 2 is 2.13 bits per heavy atom. The van der Waals surface area contributed by atoms with Crippen LogP contribution in [0.1, 0.15) is 33.1 Å². The first-order valence-electron chi connectivity index (χ1n) is 5.77. The van der Waals surface area contributed by atoms with Gasteiger partial charge in [-0.3, -0.25) is 0 Å². The molecule has 0 saturated carbocycles.